The summed E-state index contributed by atoms with van der Waals surface area (Å²) in [6, 6.07) is 4.09. The summed E-state index contributed by atoms with van der Waals surface area (Å²) in [6.45, 7) is 8.93. The van der Waals surface area contributed by atoms with E-state index in [1.54, 1.807) is 0 Å². The van der Waals surface area contributed by atoms with E-state index in [1.165, 1.54) is 0 Å². The number of nitrogens with one attached hydrogen (secondary N) is 1. The molecule has 0 aliphatic carbocycles. The second-order valence-electron chi connectivity index (χ2n) is 7.51. The van der Waals surface area contributed by atoms with E-state index in [0.29, 0.717) is 13.2 Å². The predicted molar refractivity (Wildman–Crippen MR) is 131 cm³/mol. The Morgan fingerprint density at radius 3 is 2.84 bits per heavy atom. The molecule has 2 aliphatic rings. The highest BCUT2D eigenvalue weighted by molar-refractivity contribution is 14.0. The van der Waals surface area contributed by atoms with Crippen molar-refractivity contribution in [2.45, 2.75) is 19.6 Å². The number of halogens is 1. The molecular weight excluding hydrogens is 509 g/mol. The molecule has 4 rings (SSSR count). The summed E-state index contributed by atoms with van der Waals surface area (Å²) in [6.07, 6.45) is 5.74. The lowest BCUT2D eigenvalue weighted by molar-refractivity contribution is -0.00805. The first-order valence-corrected chi connectivity index (χ1v) is 10.6. The van der Waals surface area contributed by atoms with Gasteiger partial charge in [-0.3, -0.25) is 4.68 Å². The van der Waals surface area contributed by atoms with Crippen LogP contribution < -0.4 is 10.2 Å². The molecule has 1 unspecified atom stereocenters. The number of guanidine groups is 1. The zero-order valence-corrected chi connectivity index (χ0v) is 20.6. The molecule has 0 amide bonds. The fraction of sp³-hybridized carbons (Fsp3) is 0.571. The van der Waals surface area contributed by atoms with E-state index in [2.05, 4.69) is 38.2 Å². The zero-order chi connectivity index (χ0) is 20.8. The monoisotopic (exact) mass is 541 g/mol. The Morgan fingerprint density at radius 1 is 1.26 bits per heavy atom. The lowest BCUT2D eigenvalue weighted by Crippen LogP contribution is -2.48. The first kappa shape index (κ1) is 23.7. The van der Waals surface area contributed by atoms with Crippen LogP contribution in [0.4, 0.5) is 5.82 Å². The molecule has 2 aromatic heterocycles. The van der Waals surface area contributed by atoms with Gasteiger partial charge >= 0.3 is 0 Å². The fourth-order valence-electron chi connectivity index (χ4n) is 3.85. The number of anilines is 1. The molecule has 0 radical (unpaired) electrons. The van der Waals surface area contributed by atoms with E-state index in [4.69, 9.17) is 14.5 Å². The Morgan fingerprint density at radius 2 is 2.10 bits per heavy atom. The maximum Gasteiger partial charge on any atom is 0.194 e. The van der Waals surface area contributed by atoms with Crippen LogP contribution in [-0.2, 0) is 23.1 Å². The lowest BCUT2D eigenvalue weighted by Gasteiger charge is -2.35. The molecule has 0 spiro atoms. The van der Waals surface area contributed by atoms with Gasteiger partial charge in [0.2, 0.25) is 0 Å². The molecule has 0 bridgehead atoms. The molecule has 31 heavy (non-hydrogen) atoms. The topological polar surface area (TPSA) is 80.0 Å². The number of hydrogen-bond donors (Lipinski definition) is 1. The van der Waals surface area contributed by atoms with Crippen molar-refractivity contribution in [2.24, 2.45) is 12.0 Å². The third kappa shape index (κ3) is 6.07. The number of aryl methyl sites for hydroxylation is 1. The Labute approximate surface area is 200 Å². The van der Waals surface area contributed by atoms with Gasteiger partial charge in [0.15, 0.2) is 5.96 Å². The highest BCUT2D eigenvalue weighted by atomic mass is 127. The van der Waals surface area contributed by atoms with Gasteiger partial charge in [-0.1, -0.05) is 6.07 Å². The molecule has 2 aliphatic heterocycles. The minimum atomic E-state index is -0.00129. The maximum absolute atomic E-state index is 5.99. The predicted octanol–water partition coefficient (Wildman–Crippen LogP) is 1.81. The van der Waals surface area contributed by atoms with Gasteiger partial charge in [0, 0.05) is 56.7 Å². The lowest BCUT2D eigenvalue weighted by atomic mass is 10.1. The standard InChI is InChI=1S/C21H31N7O2.HI/c1-3-22-21(28-9-12-30-19(16-28)18-14-25-26(2)15-18)24-13-17-5-4-6-23-20(17)27-7-10-29-11-8-27;/h4-6,14-15,19H,3,7-13,16H2,1-2H3,(H,22,24);1H. The van der Waals surface area contributed by atoms with Gasteiger partial charge in [-0.05, 0) is 13.0 Å². The molecule has 2 fully saturated rings. The van der Waals surface area contributed by atoms with E-state index >= 15 is 0 Å². The molecule has 170 valence electrons. The highest BCUT2D eigenvalue weighted by Gasteiger charge is 2.25. The number of hydrogen-bond acceptors (Lipinski definition) is 6. The van der Waals surface area contributed by atoms with Crippen LogP contribution in [0.25, 0.3) is 0 Å². The second-order valence-corrected chi connectivity index (χ2v) is 7.51. The molecule has 2 aromatic rings. The molecule has 10 heteroatoms. The third-order valence-corrected chi connectivity index (χ3v) is 5.37. The van der Waals surface area contributed by atoms with E-state index in [-0.39, 0.29) is 30.1 Å². The normalized spacial score (nSPS) is 19.8. The van der Waals surface area contributed by atoms with Crippen molar-refractivity contribution in [1.29, 1.82) is 0 Å². The summed E-state index contributed by atoms with van der Waals surface area (Å²) >= 11 is 0. The summed E-state index contributed by atoms with van der Waals surface area (Å²) in [5, 5.41) is 7.72. The number of nitrogens with zero attached hydrogens (tertiary/aromatic N) is 6. The average molecular weight is 541 g/mol. The van der Waals surface area contributed by atoms with E-state index in [0.717, 1.165) is 68.8 Å². The van der Waals surface area contributed by atoms with Gasteiger partial charge in [-0.25, -0.2) is 9.98 Å². The number of pyridine rings is 1. The van der Waals surface area contributed by atoms with E-state index < -0.39 is 0 Å². The smallest absolute Gasteiger partial charge is 0.194 e. The second kappa shape index (κ2) is 11.6. The summed E-state index contributed by atoms with van der Waals surface area (Å²) in [5.74, 6) is 1.92. The molecule has 0 saturated carbocycles. The summed E-state index contributed by atoms with van der Waals surface area (Å²) in [4.78, 5) is 14.1. The summed E-state index contributed by atoms with van der Waals surface area (Å²) < 4.78 is 13.3. The summed E-state index contributed by atoms with van der Waals surface area (Å²) in [7, 11) is 1.93. The molecule has 2 saturated heterocycles. The minimum Gasteiger partial charge on any atom is -0.378 e. The number of aromatic nitrogens is 3. The van der Waals surface area contributed by atoms with Crippen molar-refractivity contribution in [2.75, 3.05) is 57.4 Å². The summed E-state index contributed by atoms with van der Waals surface area (Å²) in [5.41, 5.74) is 2.23. The first-order chi connectivity index (χ1) is 14.7. The molecular formula is C21H32IN7O2. The Kier molecular flexibility index (Phi) is 8.90. The number of rotatable bonds is 5. The number of ether oxygens (including phenoxy) is 2. The van der Waals surface area contributed by atoms with Crippen molar-refractivity contribution in [3.05, 3.63) is 41.9 Å². The minimum absolute atomic E-state index is 0. The van der Waals surface area contributed by atoms with Gasteiger partial charge < -0.3 is 24.6 Å². The maximum atomic E-state index is 5.99. The number of morpholine rings is 2. The fourth-order valence-corrected chi connectivity index (χ4v) is 3.85. The van der Waals surface area contributed by atoms with Crippen molar-refractivity contribution in [1.82, 2.24) is 25.0 Å². The Bertz CT molecular complexity index is 854. The third-order valence-electron chi connectivity index (χ3n) is 5.37. The molecule has 4 heterocycles. The van der Waals surface area contributed by atoms with Crippen LogP contribution in [0.3, 0.4) is 0 Å². The Balaban J connectivity index is 0.00000272. The van der Waals surface area contributed by atoms with Gasteiger partial charge in [0.1, 0.15) is 11.9 Å². The molecule has 9 nitrogen and oxygen atoms in total. The van der Waals surface area contributed by atoms with Crippen molar-refractivity contribution < 1.29 is 9.47 Å². The van der Waals surface area contributed by atoms with Crippen LogP contribution in [0.15, 0.2) is 35.7 Å². The van der Waals surface area contributed by atoms with Gasteiger partial charge in [0.25, 0.3) is 0 Å². The Hall–Kier alpha value is -1.92. The van der Waals surface area contributed by atoms with Crippen molar-refractivity contribution in [3.8, 4) is 0 Å². The number of aliphatic imine (C=N–C) groups is 1. The van der Waals surface area contributed by atoms with Gasteiger partial charge in [-0.2, -0.15) is 5.10 Å². The molecule has 1 atom stereocenters. The van der Waals surface area contributed by atoms with Crippen LogP contribution >= 0.6 is 24.0 Å². The van der Waals surface area contributed by atoms with E-state index in [9.17, 15) is 0 Å². The van der Waals surface area contributed by atoms with E-state index in [1.807, 2.05) is 36.4 Å². The van der Waals surface area contributed by atoms with Crippen molar-refractivity contribution >= 4 is 35.8 Å². The quantitative estimate of drug-likeness (QED) is 0.352. The van der Waals surface area contributed by atoms with Crippen molar-refractivity contribution in [3.63, 3.8) is 0 Å². The van der Waals surface area contributed by atoms with Gasteiger partial charge in [-0.15, -0.1) is 24.0 Å². The van der Waals surface area contributed by atoms with Crippen LogP contribution in [0, 0.1) is 0 Å². The molecule has 1 N–H and O–H groups in total. The van der Waals surface area contributed by atoms with Crippen LogP contribution in [0.1, 0.15) is 24.2 Å². The molecule has 0 aromatic carbocycles. The zero-order valence-electron chi connectivity index (χ0n) is 18.2. The average Bonchev–Trinajstić information content (AvgIpc) is 3.24. The first-order valence-electron chi connectivity index (χ1n) is 10.6. The van der Waals surface area contributed by atoms with Gasteiger partial charge in [0.05, 0.1) is 39.1 Å². The SMILES string of the molecule is CCNC(=NCc1cccnc1N1CCOCC1)N1CCOC(c2cnn(C)c2)C1.I. The largest absolute Gasteiger partial charge is 0.378 e. The van der Waals surface area contributed by atoms with Crippen LogP contribution in [0.5, 0.6) is 0 Å². The highest BCUT2D eigenvalue weighted by Crippen LogP contribution is 2.23. The van der Waals surface area contributed by atoms with Crippen LogP contribution in [0.2, 0.25) is 0 Å². The van der Waals surface area contributed by atoms with Crippen LogP contribution in [-0.4, -0.2) is 78.2 Å².